The SMILES string of the molecule is Cn1c(-c2ccnc(NCc3cccc(Cl)c3)n2)cc2c1CCNC2=O. The maximum atomic E-state index is 12.1. The molecule has 132 valence electrons. The number of benzene rings is 1. The van der Waals surface area contributed by atoms with Gasteiger partial charge in [0, 0.05) is 43.5 Å². The van der Waals surface area contributed by atoms with E-state index in [1.54, 1.807) is 6.20 Å². The van der Waals surface area contributed by atoms with Crippen LogP contribution in [0.2, 0.25) is 5.02 Å². The fraction of sp³-hybridized carbons (Fsp3) is 0.211. The van der Waals surface area contributed by atoms with E-state index in [-0.39, 0.29) is 5.91 Å². The third-order valence-electron chi connectivity index (χ3n) is 4.51. The zero-order valence-electron chi connectivity index (χ0n) is 14.3. The van der Waals surface area contributed by atoms with Gasteiger partial charge in [0.05, 0.1) is 17.0 Å². The zero-order chi connectivity index (χ0) is 18.1. The monoisotopic (exact) mass is 367 g/mol. The van der Waals surface area contributed by atoms with Crippen LogP contribution < -0.4 is 10.6 Å². The van der Waals surface area contributed by atoms with E-state index < -0.39 is 0 Å². The molecule has 1 amide bonds. The van der Waals surface area contributed by atoms with E-state index in [1.165, 1.54) is 0 Å². The molecule has 3 heterocycles. The van der Waals surface area contributed by atoms with E-state index in [2.05, 4.69) is 20.6 Å². The fourth-order valence-corrected chi connectivity index (χ4v) is 3.40. The van der Waals surface area contributed by atoms with E-state index in [0.717, 1.165) is 34.6 Å². The number of carbonyl (C=O) groups excluding carboxylic acids is 1. The third kappa shape index (κ3) is 3.15. The minimum Gasteiger partial charge on any atom is -0.352 e. The van der Waals surface area contributed by atoms with Crippen molar-refractivity contribution in [2.45, 2.75) is 13.0 Å². The van der Waals surface area contributed by atoms with Crippen molar-refractivity contribution >= 4 is 23.5 Å². The number of halogens is 1. The minimum absolute atomic E-state index is 0.0264. The molecule has 6 nitrogen and oxygen atoms in total. The number of carbonyl (C=O) groups is 1. The van der Waals surface area contributed by atoms with Gasteiger partial charge >= 0.3 is 0 Å². The Labute approximate surface area is 156 Å². The Morgan fingerprint density at radius 2 is 2.19 bits per heavy atom. The molecule has 1 aliphatic rings. The largest absolute Gasteiger partial charge is 0.352 e. The molecule has 0 fully saturated rings. The number of fused-ring (bicyclic) bond motifs is 1. The Kier molecular flexibility index (Phi) is 4.34. The van der Waals surface area contributed by atoms with Crippen LogP contribution in [-0.2, 0) is 20.0 Å². The Hall–Kier alpha value is -2.86. The van der Waals surface area contributed by atoms with Gasteiger partial charge in [-0.05, 0) is 29.8 Å². The molecule has 0 radical (unpaired) electrons. The van der Waals surface area contributed by atoms with E-state index in [9.17, 15) is 4.79 Å². The van der Waals surface area contributed by atoms with Gasteiger partial charge in [0.25, 0.3) is 5.91 Å². The van der Waals surface area contributed by atoms with Gasteiger partial charge in [0.2, 0.25) is 5.95 Å². The van der Waals surface area contributed by atoms with Crippen LogP contribution >= 0.6 is 11.6 Å². The van der Waals surface area contributed by atoms with E-state index in [0.29, 0.717) is 24.1 Å². The molecule has 1 aromatic carbocycles. The summed E-state index contributed by atoms with van der Waals surface area (Å²) in [4.78, 5) is 20.9. The predicted octanol–water partition coefficient (Wildman–Crippen LogP) is 3.03. The first-order chi connectivity index (χ1) is 12.6. The van der Waals surface area contributed by atoms with Gasteiger partial charge in [0.1, 0.15) is 0 Å². The number of nitrogens with zero attached hydrogens (tertiary/aromatic N) is 3. The van der Waals surface area contributed by atoms with Crippen LogP contribution in [0, 0.1) is 0 Å². The van der Waals surface area contributed by atoms with Crippen LogP contribution in [0.15, 0.2) is 42.6 Å². The summed E-state index contributed by atoms with van der Waals surface area (Å²) in [6.45, 7) is 1.25. The van der Waals surface area contributed by atoms with Crippen LogP contribution in [0.3, 0.4) is 0 Å². The fourth-order valence-electron chi connectivity index (χ4n) is 3.19. The first-order valence-corrected chi connectivity index (χ1v) is 8.78. The van der Waals surface area contributed by atoms with Gasteiger partial charge in [-0.25, -0.2) is 9.97 Å². The number of anilines is 1. The van der Waals surface area contributed by atoms with Crippen molar-refractivity contribution in [1.82, 2.24) is 19.9 Å². The molecule has 2 N–H and O–H groups in total. The highest BCUT2D eigenvalue weighted by Gasteiger charge is 2.23. The van der Waals surface area contributed by atoms with Crippen LogP contribution in [-0.4, -0.2) is 27.0 Å². The van der Waals surface area contributed by atoms with E-state index in [1.807, 2.05) is 48.0 Å². The summed E-state index contributed by atoms with van der Waals surface area (Å²) in [6.07, 6.45) is 2.54. The average Bonchev–Trinajstić information content (AvgIpc) is 2.99. The summed E-state index contributed by atoms with van der Waals surface area (Å²) in [7, 11) is 1.97. The van der Waals surface area contributed by atoms with Crippen LogP contribution in [0.25, 0.3) is 11.4 Å². The van der Waals surface area contributed by atoms with Crippen LogP contribution in [0.5, 0.6) is 0 Å². The Bertz CT molecular complexity index is 982. The molecule has 0 spiro atoms. The standard InChI is InChI=1S/C19H18ClN5O/c1-25-16-6-8-21-18(26)14(16)10-17(25)15-5-7-22-19(24-15)23-11-12-3-2-4-13(20)9-12/h2-5,7,9-10H,6,8,11H2,1H3,(H,21,26)(H,22,23,24). The van der Waals surface area contributed by atoms with Crippen LogP contribution in [0.4, 0.5) is 5.95 Å². The summed E-state index contributed by atoms with van der Waals surface area (Å²) in [5, 5.41) is 6.80. The molecular weight excluding hydrogens is 350 g/mol. The normalized spacial score (nSPS) is 13.2. The smallest absolute Gasteiger partial charge is 0.253 e. The first kappa shape index (κ1) is 16.6. The van der Waals surface area contributed by atoms with Crippen molar-refractivity contribution < 1.29 is 4.79 Å². The Morgan fingerprint density at radius 1 is 1.31 bits per heavy atom. The van der Waals surface area contributed by atoms with Crippen LogP contribution in [0.1, 0.15) is 21.6 Å². The lowest BCUT2D eigenvalue weighted by molar-refractivity contribution is 0.0945. The van der Waals surface area contributed by atoms with Gasteiger partial charge in [-0.1, -0.05) is 23.7 Å². The van der Waals surface area contributed by atoms with Crippen molar-refractivity contribution in [3.05, 3.63) is 64.4 Å². The van der Waals surface area contributed by atoms with Crippen molar-refractivity contribution in [3.63, 3.8) is 0 Å². The van der Waals surface area contributed by atoms with Gasteiger partial charge in [-0.2, -0.15) is 0 Å². The molecule has 0 unspecified atom stereocenters. The molecule has 4 rings (SSSR count). The molecule has 26 heavy (non-hydrogen) atoms. The van der Waals surface area contributed by atoms with E-state index in [4.69, 9.17) is 11.6 Å². The summed E-state index contributed by atoms with van der Waals surface area (Å²) in [6, 6.07) is 11.4. The number of aromatic nitrogens is 3. The average molecular weight is 368 g/mol. The number of amides is 1. The Morgan fingerprint density at radius 3 is 3.00 bits per heavy atom. The number of hydrogen-bond donors (Lipinski definition) is 2. The highest BCUT2D eigenvalue weighted by Crippen LogP contribution is 2.26. The number of nitrogens with one attached hydrogen (secondary N) is 2. The summed E-state index contributed by atoms with van der Waals surface area (Å²) >= 11 is 6.02. The van der Waals surface area contributed by atoms with Gasteiger partial charge in [-0.15, -0.1) is 0 Å². The maximum absolute atomic E-state index is 12.1. The predicted molar refractivity (Wildman–Crippen MR) is 101 cm³/mol. The topological polar surface area (TPSA) is 71.8 Å². The molecular formula is C19H18ClN5O. The quantitative estimate of drug-likeness (QED) is 0.743. The number of rotatable bonds is 4. The number of hydrogen-bond acceptors (Lipinski definition) is 4. The molecule has 2 aromatic heterocycles. The molecule has 0 atom stereocenters. The first-order valence-electron chi connectivity index (χ1n) is 8.40. The highest BCUT2D eigenvalue weighted by molar-refractivity contribution is 6.30. The van der Waals surface area contributed by atoms with Crippen molar-refractivity contribution in [2.75, 3.05) is 11.9 Å². The molecule has 1 aliphatic heterocycles. The van der Waals surface area contributed by atoms with Crippen molar-refractivity contribution in [1.29, 1.82) is 0 Å². The van der Waals surface area contributed by atoms with Gasteiger partial charge < -0.3 is 15.2 Å². The summed E-state index contributed by atoms with van der Waals surface area (Å²) < 4.78 is 2.04. The third-order valence-corrected chi connectivity index (χ3v) is 4.74. The molecule has 0 saturated carbocycles. The second kappa shape index (κ2) is 6.80. The summed E-state index contributed by atoms with van der Waals surface area (Å²) in [5.74, 6) is 0.507. The van der Waals surface area contributed by atoms with Crippen molar-refractivity contribution in [3.8, 4) is 11.4 Å². The van der Waals surface area contributed by atoms with E-state index >= 15 is 0 Å². The lowest BCUT2D eigenvalue weighted by atomic mass is 10.1. The van der Waals surface area contributed by atoms with Crippen molar-refractivity contribution in [2.24, 2.45) is 7.05 Å². The van der Waals surface area contributed by atoms with Gasteiger partial charge in [0.15, 0.2) is 0 Å². The molecule has 3 aromatic rings. The molecule has 0 aliphatic carbocycles. The minimum atomic E-state index is -0.0264. The second-order valence-electron chi connectivity index (χ2n) is 6.20. The highest BCUT2D eigenvalue weighted by atomic mass is 35.5. The zero-order valence-corrected chi connectivity index (χ0v) is 15.0. The second-order valence-corrected chi connectivity index (χ2v) is 6.64. The Balaban J connectivity index is 1.59. The summed E-state index contributed by atoms with van der Waals surface area (Å²) in [5.41, 5.74) is 4.49. The lowest BCUT2D eigenvalue weighted by Gasteiger charge is -2.14. The lowest BCUT2D eigenvalue weighted by Crippen LogP contribution is -2.31. The molecule has 0 saturated heterocycles. The molecule has 0 bridgehead atoms. The maximum Gasteiger partial charge on any atom is 0.253 e. The van der Waals surface area contributed by atoms with Gasteiger partial charge in [-0.3, -0.25) is 4.79 Å². The molecule has 7 heteroatoms.